The molecule has 0 aliphatic carbocycles. The number of nitrogens with two attached hydrogens (primary N) is 1. The molecule has 0 aliphatic rings. The van der Waals surface area contributed by atoms with E-state index in [0.717, 1.165) is 29.0 Å². The highest BCUT2D eigenvalue weighted by Crippen LogP contribution is 2.25. The zero-order valence-corrected chi connectivity index (χ0v) is 11.1. The van der Waals surface area contributed by atoms with Crippen LogP contribution in [-0.2, 0) is 13.0 Å². The average Bonchev–Trinajstić information content (AvgIpc) is 2.47. The molecule has 0 amide bonds. The van der Waals surface area contributed by atoms with E-state index in [1.165, 1.54) is 0 Å². The van der Waals surface area contributed by atoms with Gasteiger partial charge in [0.25, 0.3) is 0 Å². The van der Waals surface area contributed by atoms with Gasteiger partial charge in [-0.15, -0.1) is 0 Å². The Hall–Kier alpha value is -2.00. The van der Waals surface area contributed by atoms with Crippen LogP contribution in [0, 0.1) is 0 Å². The van der Waals surface area contributed by atoms with Gasteiger partial charge in [0.2, 0.25) is 0 Å². The van der Waals surface area contributed by atoms with Crippen LogP contribution in [0.25, 0.3) is 0 Å². The number of hydrogen-bond donors (Lipinski definition) is 1. The summed E-state index contributed by atoms with van der Waals surface area (Å²) >= 11 is 0. The molecule has 19 heavy (non-hydrogen) atoms. The molecule has 0 atom stereocenters. The third-order valence-electron chi connectivity index (χ3n) is 2.92. The molecule has 0 unspecified atom stereocenters. The van der Waals surface area contributed by atoms with Crippen molar-refractivity contribution in [1.29, 1.82) is 0 Å². The Kier molecular flexibility index (Phi) is 4.81. The minimum Gasteiger partial charge on any atom is -0.497 e. The lowest BCUT2D eigenvalue weighted by Crippen LogP contribution is -2.06. The van der Waals surface area contributed by atoms with Crippen molar-refractivity contribution in [2.24, 2.45) is 5.73 Å². The lowest BCUT2D eigenvalue weighted by atomic mass is 10.1. The molecule has 0 aromatic heterocycles. The molecule has 0 aliphatic heterocycles. The fourth-order valence-electron chi connectivity index (χ4n) is 1.91. The fraction of sp³-hybridized carbons (Fsp3) is 0.250. The lowest BCUT2D eigenvalue weighted by molar-refractivity contribution is 0.302. The summed E-state index contributed by atoms with van der Waals surface area (Å²) in [6.07, 6.45) is 0.779. The van der Waals surface area contributed by atoms with Gasteiger partial charge >= 0.3 is 0 Å². The molecule has 0 heterocycles. The highest BCUT2D eigenvalue weighted by Gasteiger charge is 2.05. The maximum absolute atomic E-state index is 5.86. The van der Waals surface area contributed by atoms with Gasteiger partial charge < -0.3 is 15.2 Å². The van der Waals surface area contributed by atoms with Gasteiger partial charge in [0.15, 0.2) is 0 Å². The second-order valence-corrected chi connectivity index (χ2v) is 4.29. The third-order valence-corrected chi connectivity index (χ3v) is 2.92. The van der Waals surface area contributed by atoms with Crippen LogP contribution in [0.2, 0.25) is 0 Å². The summed E-state index contributed by atoms with van der Waals surface area (Å²) in [5.74, 6) is 1.70. The van der Waals surface area contributed by atoms with Crippen molar-refractivity contribution in [3.8, 4) is 11.5 Å². The van der Waals surface area contributed by atoms with E-state index in [9.17, 15) is 0 Å². The topological polar surface area (TPSA) is 44.5 Å². The summed E-state index contributed by atoms with van der Waals surface area (Å²) in [6, 6.07) is 15.9. The van der Waals surface area contributed by atoms with E-state index in [-0.39, 0.29) is 0 Å². The Morgan fingerprint density at radius 3 is 2.53 bits per heavy atom. The second kappa shape index (κ2) is 6.81. The summed E-state index contributed by atoms with van der Waals surface area (Å²) in [7, 11) is 1.66. The van der Waals surface area contributed by atoms with E-state index >= 15 is 0 Å². The molecule has 2 aromatic rings. The van der Waals surface area contributed by atoms with E-state index in [2.05, 4.69) is 0 Å². The molecule has 0 bridgehead atoms. The summed E-state index contributed by atoms with van der Waals surface area (Å²) < 4.78 is 11.1. The molecule has 0 saturated heterocycles. The predicted octanol–water partition coefficient (Wildman–Crippen LogP) is 2.78. The fourth-order valence-corrected chi connectivity index (χ4v) is 1.91. The maximum atomic E-state index is 5.86. The first-order chi connectivity index (χ1) is 9.33. The van der Waals surface area contributed by atoms with Gasteiger partial charge in [-0.25, -0.2) is 0 Å². The molecule has 0 fully saturated rings. The van der Waals surface area contributed by atoms with Crippen molar-refractivity contribution in [3.63, 3.8) is 0 Å². The number of rotatable bonds is 6. The molecular formula is C16H19NO2. The first-order valence-electron chi connectivity index (χ1n) is 6.37. The Morgan fingerprint density at radius 2 is 1.84 bits per heavy atom. The van der Waals surface area contributed by atoms with Crippen molar-refractivity contribution >= 4 is 0 Å². The minimum atomic E-state index is 0.560. The van der Waals surface area contributed by atoms with Crippen LogP contribution < -0.4 is 15.2 Å². The van der Waals surface area contributed by atoms with Gasteiger partial charge in [-0.2, -0.15) is 0 Å². The predicted molar refractivity (Wildman–Crippen MR) is 76.5 cm³/mol. The molecule has 3 nitrogen and oxygen atoms in total. The Morgan fingerprint density at radius 1 is 1.05 bits per heavy atom. The highest BCUT2D eigenvalue weighted by atomic mass is 16.5. The SMILES string of the molecule is COc1ccc(OCc2ccccc2)c(CCN)c1. The summed E-state index contributed by atoms with van der Waals surface area (Å²) in [5, 5.41) is 0. The number of hydrogen-bond acceptors (Lipinski definition) is 3. The highest BCUT2D eigenvalue weighted by molar-refractivity contribution is 5.40. The van der Waals surface area contributed by atoms with Gasteiger partial charge in [-0.05, 0) is 42.3 Å². The van der Waals surface area contributed by atoms with E-state index in [4.69, 9.17) is 15.2 Å². The van der Waals surface area contributed by atoms with E-state index in [1.807, 2.05) is 48.5 Å². The van der Waals surface area contributed by atoms with E-state index in [1.54, 1.807) is 7.11 Å². The summed E-state index contributed by atoms with van der Waals surface area (Å²) in [4.78, 5) is 0. The Bertz CT molecular complexity index is 511. The molecule has 2 rings (SSSR count). The van der Waals surface area contributed by atoms with Crippen LogP contribution >= 0.6 is 0 Å². The standard InChI is InChI=1S/C16H19NO2/c1-18-15-7-8-16(14(11-15)9-10-17)19-12-13-5-3-2-4-6-13/h2-8,11H,9-10,12,17H2,1H3. The van der Waals surface area contributed by atoms with Crippen molar-refractivity contribution in [3.05, 3.63) is 59.7 Å². The van der Waals surface area contributed by atoms with Crippen molar-refractivity contribution in [2.45, 2.75) is 13.0 Å². The van der Waals surface area contributed by atoms with Gasteiger partial charge in [0.1, 0.15) is 18.1 Å². The van der Waals surface area contributed by atoms with Gasteiger partial charge in [-0.3, -0.25) is 0 Å². The minimum absolute atomic E-state index is 0.560. The average molecular weight is 257 g/mol. The molecule has 0 spiro atoms. The molecule has 0 saturated carbocycles. The molecule has 2 aromatic carbocycles. The van der Waals surface area contributed by atoms with Gasteiger partial charge in [-0.1, -0.05) is 30.3 Å². The quantitative estimate of drug-likeness (QED) is 0.865. The number of methoxy groups -OCH3 is 1. The lowest BCUT2D eigenvalue weighted by Gasteiger charge is -2.12. The van der Waals surface area contributed by atoms with Crippen LogP contribution in [0.3, 0.4) is 0 Å². The molecule has 3 heteroatoms. The number of ether oxygens (including phenoxy) is 2. The van der Waals surface area contributed by atoms with Gasteiger partial charge in [0, 0.05) is 0 Å². The van der Waals surface area contributed by atoms with Crippen molar-refractivity contribution in [1.82, 2.24) is 0 Å². The summed E-state index contributed by atoms with van der Waals surface area (Å²) in [5.41, 5.74) is 7.86. The largest absolute Gasteiger partial charge is 0.497 e. The van der Waals surface area contributed by atoms with Crippen molar-refractivity contribution < 1.29 is 9.47 Å². The zero-order valence-electron chi connectivity index (χ0n) is 11.1. The first kappa shape index (κ1) is 13.4. The number of benzene rings is 2. The molecule has 2 N–H and O–H groups in total. The second-order valence-electron chi connectivity index (χ2n) is 4.29. The smallest absolute Gasteiger partial charge is 0.123 e. The monoisotopic (exact) mass is 257 g/mol. The first-order valence-corrected chi connectivity index (χ1v) is 6.37. The van der Waals surface area contributed by atoms with Crippen LogP contribution in [0.15, 0.2) is 48.5 Å². The van der Waals surface area contributed by atoms with Crippen LogP contribution in [0.4, 0.5) is 0 Å². The van der Waals surface area contributed by atoms with Crippen molar-refractivity contribution in [2.75, 3.05) is 13.7 Å². The van der Waals surface area contributed by atoms with Crippen LogP contribution in [-0.4, -0.2) is 13.7 Å². The Balaban J connectivity index is 2.10. The molecule has 100 valence electrons. The van der Waals surface area contributed by atoms with E-state index < -0.39 is 0 Å². The van der Waals surface area contributed by atoms with Gasteiger partial charge in [0.05, 0.1) is 7.11 Å². The maximum Gasteiger partial charge on any atom is 0.123 e. The summed E-state index contributed by atoms with van der Waals surface area (Å²) in [6.45, 7) is 1.15. The molecular weight excluding hydrogens is 238 g/mol. The normalized spacial score (nSPS) is 10.2. The Labute approximate surface area is 114 Å². The van der Waals surface area contributed by atoms with Crippen LogP contribution in [0.1, 0.15) is 11.1 Å². The zero-order chi connectivity index (χ0) is 13.5. The molecule has 0 radical (unpaired) electrons. The van der Waals surface area contributed by atoms with Crippen LogP contribution in [0.5, 0.6) is 11.5 Å². The van der Waals surface area contributed by atoms with E-state index in [0.29, 0.717) is 13.2 Å². The third kappa shape index (κ3) is 3.73.